The number of rotatable bonds is 1. The Hall–Kier alpha value is -1.53. The number of halogens is 3. The number of nitrogens with zero attached hydrogens (tertiary/aromatic N) is 1. The minimum absolute atomic E-state index is 0.0285. The predicted octanol–water partition coefficient (Wildman–Crippen LogP) is 1.76. The average Bonchev–Trinajstić information content (AvgIpc) is 2.05. The molecule has 0 aromatic carbocycles. The predicted molar refractivity (Wildman–Crippen MR) is 48.1 cm³/mol. The van der Waals surface area contributed by atoms with Gasteiger partial charge in [0, 0.05) is 0 Å². The molecule has 0 radical (unpaired) electrons. The fourth-order valence-corrected chi connectivity index (χ4v) is 1.67. The van der Waals surface area contributed by atoms with E-state index in [2.05, 4.69) is 4.98 Å². The molecule has 1 aromatic rings. The lowest BCUT2D eigenvalue weighted by molar-refractivity contribution is -0.145. The van der Waals surface area contributed by atoms with Crippen LogP contribution < -0.4 is 5.56 Å². The first-order valence-corrected chi connectivity index (χ1v) is 4.80. The number of hydrogen-bond donors (Lipinski definition) is 2. The molecule has 0 spiro atoms. The topological polar surface area (TPSA) is 66.0 Å². The van der Waals surface area contributed by atoms with E-state index in [1.54, 1.807) is 4.98 Å². The summed E-state index contributed by atoms with van der Waals surface area (Å²) >= 11 is 0. The second kappa shape index (κ2) is 3.50. The highest BCUT2D eigenvalue weighted by Gasteiger charge is 2.36. The maximum Gasteiger partial charge on any atom is 0.449 e. The molecular weight excluding hydrogens is 225 g/mol. The van der Waals surface area contributed by atoms with Gasteiger partial charge in [0.05, 0.1) is 5.56 Å². The Bertz CT molecular complexity index is 463. The molecule has 1 aliphatic rings. The van der Waals surface area contributed by atoms with Crippen LogP contribution in [0.1, 0.15) is 36.6 Å². The number of hydrogen-bond acceptors (Lipinski definition) is 3. The third-order valence-electron chi connectivity index (χ3n) is 2.72. The smallest absolute Gasteiger partial charge is 0.449 e. The number of aromatic nitrogens is 2. The first-order valence-electron chi connectivity index (χ1n) is 4.80. The number of nitrogens with one attached hydrogen (secondary N) is 1. The summed E-state index contributed by atoms with van der Waals surface area (Å²) in [7, 11) is 0. The van der Waals surface area contributed by atoms with Crippen molar-refractivity contribution in [3.05, 3.63) is 21.7 Å². The van der Waals surface area contributed by atoms with Crippen LogP contribution in [-0.2, 0) is 6.18 Å². The molecule has 2 N–H and O–H groups in total. The molecule has 0 saturated heterocycles. The lowest BCUT2D eigenvalue weighted by Crippen LogP contribution is -2.26. The number of alkyl halides is 3. The van der Waals surface area contributed by atoms with Crippen molar-refractivity contribution >= 4 is 0 Å². The van der Waals surface area contributed by atoms with Crippen LogP contribution in [0.4, 0.5) is 13.2 Å². The third-order valence-corrected chi connectivity index (χ3v) is 2.72. The Morgan fingerprint density at radius 1 is 1.38 bits per heavy atom. The zero-order valence-electron chi connectivity index (χ0n) is 8.14. The zero-order valence-corrected chi connectivity index (χ0v) is 8.14. The normalized spacial score (nSPS) is 17.2. The molecule has 7 heteroatoms. The van der Waals surface area contributed by atoms with E-state index in [0.29, 0.717) is 12.8 Å². The van der Waals surface area contributed by atoms with E-state index in [-0.39, 0.29) is 11.5 Å². The van der Waals surface area contributed by atoms with Crippen LogP contribution in [0.3, 0.4) is 0 Å². The van der Waals surface area contributed by atoms with Crippen molar-refractivity contribution < 1.29 is 18.3 Å². The van der Waals surface area contributed by atoms with Gasteiger partial charge in [0.2, 0.25) is 11.7 Å². The SMILES string of the molecule is O=c1[nH]c(C(F)(F)F)nc(O)c1C1CCC1. The van der Waals surface area contributed by atoms with Crippen LogP contribution in [0.2, 0.25) is 0 Å². The molecule has 1 aliphatic carbocycles. The molecule has 88 valence electrons. The van der Waals surface area contributed by atoms with Crippen LogP contribution in [0.15, 0.2) is 4.79 Å². The number of aromatic amines is 1. The van der Waals surface area contributed by atoms with Crippen LogP contribution in [0.5, 0.6) is 5.88 Å². The Kier molecular flexibility index (Phi) is 2.40. The summed E-state index contributed by atoms with van der Waals surface area (Å²) < 4.78 is 36.7. The standard InChI is InChI=1S/C9H9F3N2O2/c10-9(11,12)8-13-6(15)5(7(16)14-8)4-2-1-3-4/h4H,1-3H2,(H2,13,14,15,16). The Labute approximate surface area is 88.1 Å². The van der Waals surface area contributed by atoms with E-state index in [4.69, 9.17) is 0 Å². The van der Waals surface area contributed by atoms with Crippen LogP contribution >= 0.6 is 0 Å². The first-order chi connectivity index (χ1) is 7.39. The van der Waals surface area contributed by atoms with Crippen molar-refractivity contribution in [2.45, 2.75) is 31.4 Å². The van der Waals surface area contributed by atoms with Gasteiger partial charge in [-0.15, -0.1) is 0 Å². The van der Waals surface area contributed by atoms with Crippen molar-refractivity contribution in [1.82, 2.24) is 9.97 Å². The summed E-state index contributed by atoms with van der Waals surface area (Å²) in [5.41, 5.74) is -0.927. The van der Waals surface area contributed by atoms with Crippen molar-refractivity contribution in [3.8, 4) is 5.88 Å². The monoisotopic (exact) mass is 234 g/mol. The van der Waals surface area contributed by atoms with Gasteiger partial charge in [0.1, 0.15) is 0 Å². The van der Waals surface area contributed by atoms with Crippen LogP contribution in [0, 0.1) is 0 Å². The molecular formula is C9H9F3N2O2. The molecule has 1 aromatic heterocycles. The van der Waals surface area contributed by atoms with Gasteiger partial charge < -0.3 is 10.1 Å². The Balaban J connectivity index is 2.47. The number of aromatic hydroxyl groups is 1. The van der Waals surface area contributed by atoms with Crippen molar-refractivity contribution in [2.24, 2.45) is 0 Å². The summed E-state index contributed by atoms with van der Waals surface area (Å²) in [6.07, 6.45) is -2.45. The van der Waals surface area contributed by atoms with Crippen molar-refractivity contribution in [3.63, 3.8) is 0 Å². The fourth-order valence-electron chi connectivity index (χ4n) is 1.67. The lowest BCUT2D eigenvalue weighted by atomic mass is 9.81. The van der Waals surface area contributed by atoms with Gasteiger partial charge in [-0.1, -0.05) is 6.42 Å². The molecule has 1 fully saturated rings. The lowest BCUT2D eigenvalue weighted by Gasteiger charge is -2.25. The Morgan fingerprint density at radius 2 is 2.00 bits per heavy atom. The van der Waals surface area contributed by atoms with E-state index in [1.165, 1.54) is 0 Å². The molecule has 0 amide bonds. The highest BCUT2D eigenvalue weighted by molar-refractivity contribution is 5.28. The molecule has 0 unspecified atom stereocenters. The van der Waals surface area contributed by atoms with Gasteiger partial charge >= 0.3 is 6.18 Å². The number of H-pyrrole nitrogens is 1. The molecule has 0 atom stereocenters. The van der Waals surface area contributed by atoms with E-state index in [0.717, 1.165) is 6.42 Å². The van der Waals surface area contributed by atoms with E-state index >= 15 is 0 Å². The highest BCUT2D eigenvalue weighted by atomic mass is 19.4. The van der Waals surface area contributed by atoms with E-state index < -0.39 is 23.4 Å². The largest absolute Gasteiger partial charge is 0.493 e. The molecule has 16 heavy (non-hydrogen) atoms. The summed E-state index contributed by atoms with van der Waals surface area (Å²) in [5.74, 6) is -2.43. The van der Waals surface area contributed by atoms with Crippen molar-refractivity contribution in [2.75, 3.05) is 0 Å². The second-order valence-electron chi connectivity index (χ2n) is 3.78. The molecule has 2 rings (SSSR count). The van der Waals surface area contributed by atoms with Crippen LogP contribution in [0.25, 0.3) is 0 Å². The second-order valence-corrected chi connectivity index (χ2v) is 3.78. The highest BCUT2D eigenvalue weighted by Crippen LogP contribution is 2.38. The quantitative estimate of drug-likeness (QED) is 0.778. The minimum atomic E-state index is -4.76. The summed E-state index contributed by atoms with van der Waals surface area (Å²) in [6.45, 7) is 0. The van der Waals surface area contributed by atoms with Gasteiger partial charge in [0.25, 0.3) is 5.56 Å². The molecule has 1 heterocycles. The van der Waals surface area contributed by atoms with Gasteiger partial charge in [-0.05, 0) is 18.8 Å². The van der Waals surface area contributed by atoms with Gasteiger partial charge in [-0.25, -0.2) is 0 Å². The molecule has 0 aliphatic heterocycles. The van der Waals surface area contributed by atoms with Crippen molar-refractivity contribution in [1.29, 1.82) is 0 Å². The van der Waals surface area contributed by atoms with Gasteiger partial charge in [-0.2, -0.15) is 18.2 Å². The minimum Gasteiger partial charge on any atom is -0.493 e. The third kappa shape index (κ3) is 1.77. The maximum absolute atomic E-state index is 12.2. The first kappa shape index (κ1) is 11.0. The van der Waals surface area contributed by atoms with E-state index in [1.807, 2.05) is 0 Å². The maximum atomic E-state index is 12.2. The van der Waals surface area contributed by atoms with E-state index in [9.17, 15) is 23.1 Å². The Morgan fingerprint density at radius 3 is 2.38 bits per heavy atom. The summed E-state index contributed by atoms with van der Waals surface area (Å²) in [6, 6.07) is 0. The molecule has 0 bridgehead atoms. The van der Waals surface area contributed by atoms with Gasteiger partial charge in [-0.3, -0.25) is 4.79 Å². The van der Waals surface area contributed by atoms with Crippen LogP contribution in [-0.4, -0.2) is 15.1 Å². The van der Waals surface area contributed by atoms with Gasteiger partial charge in [0.15, 0.2) is 0 Å². The average molecular weight is 234 g/mol. The summed E-state index contributed by atoms with van der Waals surface area (Å²) in [4.78, 5) is 16.0. The molecule has 4 nitrogen and oxygen atoms in total. The molecule has 1 saturated carbocycles. The zero-order chi connectivity index (χ0) is 11.9. The summed E-state index contributed by atoms with van der Waals surface area (Å²) in [5, 5.41) is 9.34. The fraction of sp³-hybridized carbons (Fsp3) is 0.556.